The molecule has 0 radical (unpaired) electrons. The fourth-order valence-corrected chi connectivity index (χ4v) is 1.97. The monoisotopic (exact) mass is 238 g/mol. The normalized spacial score (nSPS) is 10.2. The summed E-state index contributed by atoms with van der Waals surface area (Å²) in [5.74, 6) is -0.424. The highest BCUT2D eigenvalue weighted by atomic mass is 32.1. The molecule has 0 fully saturated rings. The fourth-order valence-electron chi connectivity index (χ4n) is 1.15. The highest BCUT2D eigenvalue weighted by Gasteiger charge is 2.13. The number of hydrogen-bond acceptors (Lipinski definition) is 6. The van der Waals surface area contributed by atoms with Crippen LogP contribution in [-0.2, 0) is 6.54 Å². The number of thiophene rings is 1. The van der Waals surface area contributed by atoms with Crippen LogP contribution in [0.25, 0.3) is 0 Å². The Bertz CT molecular complexity index is 533. The summed E-state index contributed by atoms with van der Waals surface area (Å²) in [4.78, 5) is 24.6. The SMILES string of the molecule is O=Cc1csc(Cn2cnc([N+](=O)[O-])n2)c1. The number of hydrogen-bond donors (Lipinski definition) is 0. The van der Waals surface area contributed by atoms with Gasteiger partial charge in [0.1, 0.15) is 0 Å². The second-order valence-corrected chi connectivity index (χ2v) is 3.96. The van der Waals surface area contributed by atoms with Gasteiger partial charge in [-0.2, -0.15) is 4.68 Å². The highest BCUT2D eigenvalue weighted by molar-refractivity contribution is 7.10. The molecule has 0 spiro atoms. The lowest BCUT2D eigenvalue weighted by Gasteiger charge is -1.90. The average Bonchev–Trinajstić information content (AvgIpc) is 2.87. The maximum absolute atomic E-state index is 10.4. The first-order valence-electron chi connectivity index (χ1n) is 4.25. The van der Waals surface area contributed by atoms with E-state index in [-0.39, 0.29) is 0 Å². The Morgan fingerprint density at radius 1 is 1.62 bits per heavy atom. The van der Waals surface area contributed by atoms with Crippen molar-refractivity contribution in [3.05, 3.63) is 38.3 Å². The van der Waals surface area contributed by atoms with Crippen molar-refractivity contribution >= 4 is 23.6 Å². The molecule has 0 unspecified atom stereocenters. The molecule has 8 heteroatoms. The number of nitro groups is 1. The number of aromatic nitrogens is 3. The first kappa shape index (κ1) is 10.4. The summed E-state index contributed by atoms with van der Waals surface area (Å²) in [5, 5.41) is 15.7. The first-order chi connectivity index (χ1) is 7.69. The molecular formula is C8H6N4O3S. The molecule has 0 bridgehead atoms. The standard InChI is InChI=1S/C8H6N4O3S/c13-3-6-1-7(16-4-6)2-11-5-9-8(10-11)12(14)15/h1,3-5H,2H2. The van der Waals surface area contributed by atoms with Crippen molar-refractivity contribution in [3.8, 4) is 0 Å². The van der Waals surface area contributed by atoms with Gasteiger partial charge >= 0.3 is 5.95 Å². The summed E-state index contributed by atoms with van der Waals surface area (Å²) in [5.41, 5.74) is 0.592. The van der Waals surface area contributed by atoms with Crippen LogP contribution in [0.3, 0.4) is 0 Å². The van der Waals surface area contributed by atoms with Gasteiger partial charge in [-0.25, -0.2) is 0 Å². The van der Waals surface area contributed by atoms with Crippen LogP contribution in [0.15, 0.2) is 17.8 Å². The lowest BCUT2D eigenvalue weighted by Crippen LogP contribution is -1.99. The minimum Gasteiger partial charge on any atom is -0.390 e. The molecule has 0 aromatic carbocycles. The van der Waals surface area contributed by atoms with Gasteiger partial charge in [-0.3, -0.25) is 4.79 Å². The molecule has 0 aliphatic carbocycles. The molecule has 0 saturated heterocycles. The van der Waals surface area contributed by atoms with Crippen LogP contribution in [0.5, 0.6) is 0 Å². The van der Waals surface area contributed by atoms with Crippen LogP contribution in [0.4, 0.5) is 5.95 Å². The summed E-state index contributed by atoms with van der Waals surface area (Å²) in [7, 11) is 0. The lowest BCUT2D eigenvalue weighted by atomic mass is 10.3. The quantitative estimate of drug-likeness (QED) is 0.452. The minimum absolute atomic E-state index is 0.374. The van der Waals surface area contributed by atoms with Gasteiger partial charge in [0.2, 0.25) is 6.33 Å². The van der Waals surface area contributed by atoms with Gasteiger partial charge in [0, 0.05) is 20.9 Å². The molecule has 2 rings (SSSR count). The van der Waals surface area contributed by atoms with Crippen LogP contribution in [0.2, 0.25) is 0 Å². The zero-order chi connectivity index (χ0) is 11.5. The summed E-state index contributed by atoms with van der Waals surface area (Å²) in [6.45, 7) is 0.374. The molecule has 2 heterocycles. The van der Waals surface area contributed by atoms with E-state index in [0.717, 1.165) is 11.2 Å². The van der Waals surface area contributed by atoms with Crippen molar-refractivity contribution in [2.75, 3.05) is 0 Å². The van der Waals surface area contributed by atoms with E-state index in [4.69, 9.17) is 0 Å². The van der Waals surface area contributed by atoms with E-state index in [1.807, 2.05) is 0 Å². The van der Waals surface area contributed by atoms with Crippen LogP contribution in [-0.4, -0.2) is 26.0 Å². The topological polar surface area (TPSA) is 90.9 Å². The van der Waals surface area contributed by atoms with Gasteiger partial charge in [-0.05, 0) is 11.0 Å². The summed E-state index contributed by atoms with van der Waals surface area (Å²) in [6.07, 6.45) is 2.04. The van der Waals surface area contributed by atoms with E-state index in [2.05, 4.69) is 10.1 Å². The number of nitrogens with zero attached hydrogens (tertiary/aromatic N) is 4. The number of carbonyl (C=O) groups excluding carboxylic acids is 1. The Kier molecular flexibility index (Phi) is 2.73. The lowest BCUT2D eigenvalue weighted by molar-refractivity contribution is -0.394. The molecule has 2 aromatic heterocycles. The number of rotatable bonds is 4. The Hall–Kier alpha value is -2.09. The van der Waals surface area contributed by atoms with Gasteiger partial charge in [0.05, 0.1) is 6.54 Å². The molecule has 0 aliphatic rings. The Morgan fingerprint density at radius 2 is 2.44 bits per heavy atom. The molecule has 0 saturated carbocycles. The molecule has 7 nitrogen and oxygen atoms in total. The van der Waals surface area contributed by atoms with Crippen molar-refractivity contribution < 1.29 is 9.72 Å². The minimum atomic E-state index is -0.651. The highest BCUT2D eigenvalue weighted by Crippen LogP contribution is 2.14. The Labute approximate surface area is 93.5 Å². The van der Waals surface area contributed by atoms with Crippen molar-refractivity contribution in [2.45, 2.75) is 6.54 Å². The first-order valence-corrected chi connectivity index (χ1v) is 5.13. The summed E-state index contributed by atoms with van der Waals surface area (Å²) < 4.78 is 1.36. The zero-order valence-electron chi connectivity index (χ0n) is 7.94. The van der Waals surface area contributed by atoms with Gasteiger partial charge in [0.25, 0.3) is 0 Å². The molecule has 2 aromatic rings. The molecular weight excluding hydrogens is 232 g/mol. The molecule has 16 heavy (non-hydrogen) atoms. The van der Waals surface area contributed by atoms with E-state index in [1.54, 1.807) is 11.4 Å². The van der Waals surface area contributed by atoms with Crippen molar-refractivity contribution in [3.63, 3.8) is 0 Å². The Balaban J connectivity index is 2.13. The van der Waals surface area contributed by atoms with Crippen molar-refractivity contribution in [2.24, 2.45) is 0 Å². The third kappa shape index (κ3) is 2.11. The van der Waals surface area contributed by atoms with E-state index in [1.165, 1.54) is 22.3 Å². The predicted molar refractivity (Wildman–Crippen MR) is 55.5 cm³/mol. The van der Waals surface area contributed by atoms with Gasteiger partial charge in [-0.1, -0.05) is 4.98 Å². The van der Waals surface area contributed by atoms with Crippen LogP contribution < -0.4 is 0 Å². The average molecular weight is 238 g/mol. The van der Waals surface area contributed by atoms with Crippen LogP contribution >= 0.6 is 11.3 Å². The smallest absolute Gasteiger partial charge is 0.390 e. The fraction of sp³-hybridized carbons (Fsp3) is 0.125. The second-order valence-electron chi connectivity index (χ2n) is 2.96. The van der Waals surface area contributed by atoms with Crippen LogP contribution in [0.1, 0.15) is 15.2 Å². The van der Waals surface area contributed by atoms with Gasteiger partial charge < -0.3 is 10.1 Å². The van der Waals surface area contributed by atoms with Gasteiger partial charge in [-0.15, -0.1) is 11.3 Å². The van der Waals surface area contributed by atoms with Crippen LogP contribution in [0, 0.1) is 10.1 Å². The van der Waals surface area contributed by atoms with E-state index in [9.17, 15) is 14.9 Å². The Morgan fingerprint density at radius 3 is 3.00 bits per heavy atom. The van der Waals surface area contributed by atoms with E-state index in [0.29, 0.717) is 12.1 Å². The maximum atomic E-state index is 10.4. The summed E-state index contributed by atoms with van der Waals surface area (Å²) in [6, 6.07) is 1.71. The maximum Gasteiger partial charge on any atom is 0.490 e. The third-order valence-corrected chi connectivity index (χ3v) is 2.76. The number of aldehydes is 1. The third-order valence-electron chi connectivity index (χ3n) is 1.82. The summed E-state index contributed by atoms with van der Waals surface area (Å²) >= 11 is 1.40. The molecule has 0 amide bonds. The van der Waals surface area contributed by atoms with Crippen molar-refractivity contribution in [1.82, 2.24) is 14.8 Å². The zero-order valence-corrected chi connectivity index (χ0v) is 8.75. The van der Waals surface area contributed by atoms with E-state index >= 15 is 0 Å². The van der Waals surface area contributed by atoms with Gasteiger partial charge in [0.15, 0.2) is 6.29 Å². The molecule has 0 atom stereocenters. The number of carbonyl (C=O) groups is 1. The predicted octanol–water partition coefficient (Wildman–Crippen LogP) is 1.11. The van der Waals surface area contributed by atoms with E-state index < -0.39 is 10.9 Å². The largest absolute Gasteiger partial charge is 0.490 e. The molecule has 0 N–H and O–H groups in total. The van der Waals surface area contributed by atoms with Crippen molar-refractivity contribution in [1.29, 1.82) is 0 Å². The molecule has 0 aliphatic heterocycles. The second kappa shape index (κ2) is 4.19. The molecule has 82 valence electrons.